The molecule has 1 heterocycles. The highest BCUT2D eigenvalue weighted by atomic mass is 32.2. The van der Waals surface area contributed by atoms with Gasteiger partial charge in [-0.15, -0.1) is 0 Å². The Kier molecular flexibility index (Phi) is 3.21. The number of hydrogen-bond donors (Lipinski definition) is 3. The van der Waals surface area contributed by atoms with E-state index in [-0.39, 0.29) is 10.6 Å². The number of nitrogens with one attached hydrogen (secondary N) is 2. The first-order chi connectivity index (χ1) is 8.90. The Hall–Kier alpha value is -2.42. The Morgan fingerprint density at radius 1 is 1.42 bits per heavy atom. The van der Waals surface area contributed by atoms with Crippen LogP contribution in [-0.4, -0.2) is 29.5 Å². The van der Waals surface area contributed by atoms with Gasteiger partial charge in [0.05, 0.1) is 23.8 Å². The van der Waals surface area contributed by atoms with Crippen molar-refractivity contribution in [3.8, 4) is 0 Å². The summed E-state index contributed by atoms with van der Waals surface area (Å²) in [4.78, 5) is 16.6. The highest BCUT2D eigenvalue weighted by molar-refractivity contribution is 7.92. The number of imidazole rings is 1. The maximum absolute atomic E-state index is 13.5. The van der Waals surface area contributed by atoms with Crippen LogP contribution in [0.15, 0.2) is 35.7 Å². The van der Waals surface area contributed by atoms with Crippen molar-refractivity contribution in [3.63, 3.8) is 0 Å². The molecule has 100 valence electrons. The van der Waals surface area contributed by atoms with Crippen LogP contribution in [-0.2, 0) is 10.0 Å². The monoisotopic (exact) mass is 285 g/mol. The summed E-state index contributed by atoms with van der Waals surface area (Å²) in [6.45, 7) is 0. The van der Waals surface area contributed by atoms with Crippen molar-refractivity contribution in [1.82, 2.24) is 9.97 Å². The number of aromatic amines is 1. The number of nitrogens with zero attached hydrogens (tertiary/aromatic N) is 1. The molecule has 3 N–H and O–H groups in total. The number of halogens is 1. The summed E-state index contributed by atoms with van der Waals surface area (Å²) in [5.41, 5.74) is -0.682. The first-order valence-electron chi connectivity index (χ1n) is 4.94. The van der Waals surface area contributed by atoms with Gasteiger partial charge in [0.15, 0.2) is 5.03 Å². The molecule has 2 aromatic rings. The molecule has 0 fully saturated rings. The summed E-state index contributed by atoms with van der Waals surface area (Å²) in [5, 5.41) is 8.51. The van der Waals surface area contributed by atoms with Crippen LogP contribution < -0.4 is 4.72 Å². The molecule has 0 saturated heterocycles. The van der Waals surface area contributed by atoms with Crippen LogP contribution in [0.3, 0.4) is 0 Å². The molecule has 0 spiro atoms. The van der Waals surface area contributed by atoms with E-state index in [1.165, 1.54) is 0 Å². The zero-order valence-corrected chi connectivity index (χ0v) is 10.1. The van der Waals surface area contributed by atoms with Gasteiger partial charge in [0.25, 0.3) is 10.0 Å². The normalized spacial score (nSPS) is 11.2. The number of hydrogen-bond acceptors (Lipinski definition) is 4. The van der Waals surface area contributed by atoms with Gasteiger partial charge in [0.2, 0.25) is 0 Å². The molecule has 0 unspecified atom stereocenters. The number of aromatic nitrogens is 2. The number of carboxylic acids is 1. The third-order valence-corrected chi connectivity index (χ3v) is 3.51. The molecule has 1 aromatic heterocycles. The Labute approximate surface area is 107 Å². The number of aromatic carboxylic acids is 1. The lowest BCUT2D eigenvalue weighted by Crippen LogP contribution is -2.15. The molecular formula is C10H8FN3O4S. The van der Waals surface area contributed by atoms with E-state index in [2.05, 4.69) is 9.97 Å². The molecule has 0 bridgehead atoms. The molecule has 0 saturated carbocycles. The van der Waals surface area contributed by atoms with Gasteiger partial charge in [-0.05, 0) is 18.2 Å². The fraction of sp³-hybridized carbons (Fsp3) is 0. The van der Waals surface area contributed by atoms with Crippen LogP contribution in [0.25, 0.3) is 0 Å². The van der Waals surface area contributed by atoms with Crippen molar-refractivity contribution in [2.45, 2.75) is 5.03 Å². The number of benzene rings is 1. The molecule has 1 aromatic carbocycles. The molecule has 0 aliphatic heterocycles. The minimum atomic E-state index is -4.04. The average Bonchev–Trinajstić information content (AvgIpc) is 2.85. The molecule has 2 rings (SSSR count). The van der Waals surface area contributed by atoms with Crippen LogP contribution in [0.2, 0.25) is 0 Å². The van der Waals surface area contributed by atoms with E-state index in [0.29, 0.717) is 0 Å². The maximum Gasteiger partial charge on any atom is 0.335 e. The van der Waals surface area contributed by atoms with Crippen molar-refractivity contribution in [1.29, 1.82) is 0 Å². The summed E-state index contributed by atoms with van der Waals surface area (Å²) in [6.07, 6.45) is 2.19. The minimum Gasteiger partial charge on any atom is -0.478 e. The quantitative estimate of drug-likeness (QED) is 0.777. The Bertz CT molecular complexity index is 712. The molecule has 0 radical (unpaired) electrons. The molecule has 0 atom stereocenters. The molecular weight excluding hydrogens is 277 g/mol. The summed E-state index contributed by atoms with van der Waals surface area (Å²) >= 11 is 0. The second kappa shape index (κ2) is 4.69. The summed E-state index contributed by atoms with van der Waals surface area (Å²) in [5.74, 6) is -2.17. The van der Waals surface area contributed by atoms with E-state index < -0.39 is 27.5 Å². The predicted molar refractivity (Wildman–Crippen MR) is 62.8 cm³/mol. The van der Waals surface area contributed by atoms with E-state index in [1.807, 2.05) is 4.72 Å². The van der Waals surface area contributed by atoms with Crippen molar-refractivity contribution in [2.24, 2.45) is 0 Å². The van der Waals surface area contributed by atoms with E-state index in [4.69, 9.17) is 5.11 Å². The second-order valence-corrected chi connectivity index (χ2v) is 5.17. The number of carbonyl (C=O) groups is 1. The van der Waals surface area contributed by atoms with Crippen molar-refractivity contribution >= 4 is 21.7 Å². The van der Waals surface area contributed by atoms with Crippen LogP contribution in [0.1, 0.15) is 10.4 Å². The lowest BCUT2D eigenvalue weighted by Gasteiger charge is -2.07. The topological polar surface area (TPSA) is 112 Å². The number of carboxylic acid groups (broad SMARTS) is 1. The highest BCUT2D eigenvalue weighted by Gasteiger charge is 2.18. The standard InChI is InChI=1S/C10H8FN3O4S/c11-7-2-1-6(10(15)16)3-8(7)14-19(17,18)9-4-12-5-13-9/h1-5,14H,(H,12,13)(H,15,16). The largest absolute Gasteiger partial charge is 0.478 e. The third-order valence-electron chi connectivity index (χ3n) is 2.22. The Morgan fingerprint density at radius 3 is 2.74 bits per heavy atom. The van der Waals surface area contributed by atoms with Gasteiger partial charge in [-0.1, -0.05) is 0 Å². The molecule has 9 heteroatoms. The van der Waals surface area contributed by atoms with E-state index in [9.17, 15) is 17.6 Å². The number of sulfonamides is 1. The second-order valence-electron chi connectivity index (χ2n) is 3.52. The summed E-state index contributed by atoms with van der Waals surface area (Å²) < 4.78 is 39.0. The zero-order chi connectivity index (χ0) is 14.0. The average molecular weight is 285 g/mol. The van der Waals surface area contributed by atoms with Crippen molar-refractivity contribution in [2.75, 3.05) is 4.72 Å². The number of anilines is 1. The molecule has 0 amide bonds. The molecule has 0 aliphatic rings. The van der Waals surface area contributed by atoms with E-state index in [0.717, 1.165) is 30.7 Å². The van der Waals surface area contributed by atoms with Gasteiger partial charge in [-0.2, -0.15) is 8.42 Å². The lowest BCUT2D eigenvalue weighted by molar-refractivity contribution is 0.0697. The minimum absolute atomic E-state index is 0.233. The SMILES string of the molecule is O=C(O)c1ccc(F)c(NS(=O)(=O)c2cnc[nH]2)c1. The van der Waals surface area contributed by atoms with E-state index in [1.54, 1.807) is 0 Å². The van der Waals surface area contributed by atoms with Crippen LogP contribution in [0.5, 0.6) is 0 Å². The highest BCUT2D eigenvalue weighted by Crippen LogP contribution is 2.19. The van der Waals surface area contributed by atoms with Gasteiger partial charge in [-0.3, -0.25) is 4.72 Å². The maximum atomic E-state index is 13.5. The van der Waals surface area contributed by atoms with Crippen LogP contribution in [0.4, 0.5) is 10.1 Å². The van der Waals surface area contributed by atoms with Gasteiger partial charge >= 0.3 is 5.97 Å². The summed E-state index contributed by atoms with van der Waals surface area (Å²) in [6, 6.07) is 2.80. The fourth-order valence-electron chi connectivity index (χ4n) is 1.33. The zero-order valence-electron chi connectivity index (χ0n) is 9.29. The Morgan fingerprint density at radius 2 is 2.16 bits per heavy atom. The number of rotatable bonds is 4. The lowest BCUT2D eigenvalue weighted by atomic mass is 10.2. The van der Waals surface area contributed by atoms with Crippen molar-refractivity contribution < 1.29 is 22.7 Å². The Balaban J connectivity index is 2.39. The third kappa shape index (κ3) is 2.71. The number of H-pyrrole nitrogens is 1. The molecule has 0 aliphatic carbocycles. The van der Waals surface area contributed by atoms with Crippen LogP contribution in [0, 0.1) is 5.82 Å². The first-order valence-corrected chi connectivity index (χ1v) is 6.42. The predicted octanol–water partition coefficient (Wildman–Crippen LogP) is 1.05. The summed E-state index contributed by atoms with van der Waals surface area (Å²) in [7, 11) is -4.04. The first kappa shape index (κ1) is 13.0. The molecule has 19 heavy (non-hydrogen) atoms. The van der Waals surface area contributed by atoms with Gasteiger partial charge < -0.3 is 10.1 Å². The van der Waals surface area contributed by atoms with Crippen molar-refractivity contribution in [3.05, 3.63) is 42.1 Å². The van der Waals surface area contributed by atoms with Gasteiger partial charge in [0, 0.05) is 0 Å². The van der Waals surface area contributed by atoms with Gasteiger partial charge in [-0.25, -0.2) is 14.2 Å². The smallest absolute Gasteiger partial charge is 0.335 e. The van der Waals surface area contributed by atoms with Crippen LogP contribution >= 0.6 is 0 Å². The fourth-order valence-corrected chi connectivity index (χ4v) is 2.29. The van der Waals surface area contributed by atoms with Gasteiger partial charge in [0.1, 0.15) is 5.82 Å². The van der Waals surface area contributed by atoms with E-state index >= 15 is 0 Å². The molecule has 7 nitrogen and oxygen atoms in total.